The van der Waals surface area contributed by atoms with Gasteiger partial charge in [0.1, 0.15) is 0 Å². The Hall–Kier alpha value is -1.63. The lowest BCUT2D eigenvalue weighted by Gasteiger charge is -2.06. The van der Waals surface area contributed by atoms with Crippen molar-refractivity contribution in [2.45, 2.75) is 19.9 Å². The van der Waals surface area contributed by atoms with E-state index in [4.69, 9.17) is 23.2 Å². The normalized spacial score (nSPS) is 11.5. The molecule has 0 saturated heterocycles. The van der Waals surface area contributed by atoms with E-state index < -0.39 is 0 Å². The van der Waals surface area contributed by atoms with Gasteiger partial charge in [0.2, 0.25) is 11.8 Å². The molecule has 1 aromatic carbocycles. The van der Waals surface area contributed by atoms with E-state index in [1.54, 1.807) is 12.1 Å². The van der Waals surface area contributed by atoms with Crippen LogP contribution in [0.15, 0.2) is 34.8 Å². The minimum Gasteiger partial charge on any atom is -0.356 e. The van der Waals surface area contributed by atoms with Gasteiger partial charge in [0, 0.05) is 41.5 Å². The molecule has 2 rings (SSSR count). The van der Waals surface area contributed by atoms with Crippen molar-refractivity contribution in [3.8, 4) is 0 Å². The lowest BCUT2D eigenvalue weighted by atomic mass is 10.2. The first-order chi connectivity index (χ1) is 11.0. The average molecular weight is 372 g/mol. The Morgan fingerprint density at radius 2 is 2.13 bits per heavy atom. The zero-order valence-electron chi connectivity index (χ0n) is 12.4. The fraction of sp³-hybridized carbons (Fsp3) is 0.267. The van der Waals surface area contributed by atoms with E-state index in [2.05, 4.69) is 10.3 Å². The number of carbonyl (C=O) groups excluding carboxylic acids is 2. The SMILES string of the molecule is CC(=O)NCCC(=O)N=c1sccn1Cc1ccc(Cl)cc1Cl. The van der Waals surface area contributed by atoms with E-state index in [-0.39, 0.29) is 24.8 Å². The standard InChI is InChI=1S/C15H15Cl2N3O2S/c1-10(21)18-5-4-14(22)19-15-20(6-7-23-15)9-11-2-3-12(16)8-13(11)17/h2-3,6-8H,4-5,9H2,1H3,(H,18,21). The monoisotopic (exact) mass is 371 g/mol. The maximum atomic E-state index is 11.8. The van der Waals surface area contributed by atoms with E-state index in [1.807, 2.05) is 22.2 Å². The molecule has 0 spiro atoms. The molecular weight excluding hydrogens is 357 g/mol. The maximum absolute atomic E-state index is 11.8. The highest BCUT2D eigenvalue weighted by Gasteiger charge is 2.05. The third-order valence-electron chi connectivity index (χ3n) is 2.95. The molecule has 122 valence electrons. The molecule has 0 bridgehead atoms. The minimum atomic E-state index is -0.280. The summed E-state index contributed by atoms with van der Waals surface area (Å²) in [7, 11) is 0. The molecule has 0 radical (unpaired) electrons. The summed E-state index contributed by atoms with van der Waals surface area (Å²) in [6.45, 7) is 2.19. The summed E-state index contributed by atoms with van der Waals surface area (Å²) >= 11 is 13.4. The Morgan fingerprint density at radius 3 is 2.83 bits per heavy atom. The highest BCUT2D eigenvalue weighted by Crippen LogP contribution is 2.21. The molecule has 2 aromatic rings. The lowest BCUT2D eigenvalue weighted by molar-refractivity contribution is -0.119. The first kappa shape index (κ1) is 17.7. The van der Waals surface area contributed by atoms with Crippen LogP contribution in [0.1, 0.15) is 18.9 Å². The van der Waals surface area contributed by atoms with Gasteiger partial charge in [0.05, 0.1) is 6.54 Å². The number of carbonyl (C=O) groups is 2. The molecule has 0 aliphatic carbocycles. The highest BCUT2D eigenvalue weighted by atomic mass is 35.5. The molecule has 5 nitrogen and oxygen atoms in total. The van der Waals surface area contributed by atoms with Gasteiger partial charge in [-0.1, -0.05) is 29.3 Å². The molecule has 1 N–H and O–H groups in total. The van der Waals surface area contributed by atoms with Gasteiger partial charge in [0.15, 0.2) is 4.80 Å². The number of benzene rings is 1. The Labute approximate surface area is 147 Å². The van der Waals surface area contributed by atoms with Gasteiger partial charge < -0.3 is 9.88 Å². The van der Waals surface area contributed by atoms with Crippen LogP contribution in [0.5, 0.6) is 0 Å². The van der Waals surface area contributed by atoms with Gasteiger partial charge in [-0.3, -0.25) is 9.59 Å². The number of halogens is 2. The summed E-state index contributed by atoms with van der Waals surface area (Å²) in [5, 5.41) is 5.57. The van der Waals surface area contributed by atoms with Crippen molar-refractivity contribution in [3.05, 3.63) is 50.2 Å². The van der Waals surface area contributed by atoms with Gasteiger partial charge >= 0.3 is 0 Å². The third-order valence-corrected chi connectivity index (χ3v) is 4.33. The van der Waals surface area contributed by atoms with Crippen molar-refractivity contribution in [1.82, 2.24) is 9.88 Å². The van der Waals surface area contributed by atoms with Crippen LogP contribution in [-0.4, -0.2) is 22.9 Å². The summed E-state index contributed by atoms with van der Waals surface area (Å²) in [4.78, 5) is 27.3. The van der Waals surface area contributed by atoms with Crippen LogP contribution in [0.4, 0.5) is 0 Å². The Bertz CT molecular complexity index is 783. The van der Waals surface area contributed by atoms with Gasteiger partial charge in [-0.25, -0.2) is 0 Å². The molecule has 23 heavy (non-hydrogen) atoms. The van der Waals surface area contributed by atoms with Crippen LogP contribution in [0.3, 0.4) is 0 Å². The fourth-order valence-electron chi connectivity index (χ4n) is 1.85. The smallest absolute Gasteiger partial charge is 0.250 e. The number of aromatic nitrogens is 1. The average Bonchev–Trinajstić information content (AvgIpc) is 2.88. The molecule has 1 heterocycles. The maximum Gasteiger partial charge on any atom is 0.250 e. The minimum absolute atomic E-state index is 0.165. The summed E-state index contributed by atoms with van der Waals surface area (Å²) in [6, 6.07) is 5.30. The molecule has 8 heteroatoms. The third kappa shape index (κ3) is 5.49. The van der Waals surface area contributed by atoms with Gasteiger partial charge in [0.25, 0.3) is 0 Å². The van der Waals surface area contributed by atoms with E-state index in [9.17, 15) is 9.59 Å². The Kier molecular flexibility index (Phi) is 6.38. The zero-order chi connectivity index (χ0) is 16.8. The second kappa shape index (κ2) is 8.29. The van der Waals surface area contributed by atoms with Crippen molar-refractivity contribution in [2.75, 3.05) is 6.54 Å². The predicted molar refractivity (Wildman–Crippen MR) is 91.7 cm³/mol. The second-order valence-corrected chi connectivity index (χ2v) is 6.50. The Morgan fingerprint density at radius 1 is 1.35 bits per heavy atom. The highest BCUT2D eigenvalue weighted by molar-refractivity contribution is 7.07. The fourth-order valence-corrected chi connectivity index (χ4v) is 3.06. The largest absolute Gasteiger partial charge is 0.356 e. The van der Waals surface area contributed by atoms with Crippen molar-refractivity contribution in [1.29, 1.82) is 0 Å². The number of hydrogen-bond donors (Lipinski definition) is 1. The number of nitrogens with zero attached hydrogens (tertiary/aromatic N) is 2. The summed E-state index contributed by atoms with van der Waals surface area (Å²) < 4.78 is 1.84. The van der Waals surface area contributed by atoms with Crippen molar-refractivity contribution < 1.29 is 9.59 Å². The van der Waals surface area contributed by atoms with Crippen LogP contribution in [0.2, 0.25) is 10.0 Å². The van der Waals surface area contributed by atoms with Crippen LogP contribution in [0.25, 0.3) is 0 Å². The topological polar surface area (TPSA) is 63.5 Å². The van der Waals surface area contributed by atoms with E-state index in [0.29, 0.717) is 21.4 Å². The van der Waals surface area contributed by atoms with Crippen molar-refractivity contribution in [3.63, 3.8) is 0 Å². The molecule has 0 fully saturated rings. The van der Waals surface area contributed by atoms with Crippen LogP contribution >= 0.6 is 34.5 Å². The quantitative estimate of drug-likeness (QED) is 0.877. The first-order valence-corrected chi connectivity index (χ1v) is 8.49. The number of nitrogens with one attached hydrogen (secondary N) is 1. The summed E-state index contributed by atoms with van der Waals surface area (Å²) in [5.74, 6) is -0.446. The van der Waals surface area contributed by atoms with Crippen LogP contribution in [0, 0.1) is 0 Å². The molecule has 0 atom stereocenters. The lowest BCUT2D eigenvalue weighted by Crippen LogP contribution is -2.23. The number of amides is 2. The number of rotatable bonds is 5. The Balaban J connectivity index is 2.11. The molecule has 0 aliphatic heterocycles. The number of thiazole rings is 1. The van der Waals surface area contributed by atoms with E-state index in [0.717, 1.165) is 5.56 Å². The van der Waals surface area contributed by atoms with E-state index >= 15 is 0 Å². The van der Waals surface area contributed by atoms with Gasteiger partial charge in [-0.15, -0.1) is 11.3 Å². The van der Waals surface area contributed by atoms with Gasteiger partial charge in [-0.05, 0) is 17.7 Å². The van der Waals surface area contributed by atoms with Crippen LogP contribution < -0.4 is 10.1 Å². The zero-order valence-corrected chi connectivity index (χ0v) is 14.7. The molecule has 0 unspecified atom stereocenters. The van der Waals surface area contributed by atoms with Crippen molar-refractivity contribution in [2.24, 2.45) is 4.99 Å². The second-order valence-electron chi connectivity index (χ2n) is 4.79. The summed E-state index contributed by atoms with van der Waals surface area (Å²) in [5.41, 5.74) is 0.890. The van der Waals surface area contributed by atoms with Crippen molar-refractivity contribution >= 4 is 46.4 Å². The number of hydrogen-bond acceptors (Lipinski definition) is 3. The first-order valence-electron chi connectivity index (χ1n) is 6.85. The molecule has 2 amide bonds. The molecular formula is C15H15Cl2N3O2S. The predicted octanol–water partition coefficient (Wildman–Crippen LogP) is 2.86. The molecule has 1 aromatic heterocycles. The molecule has 0 saturated carbocycles. The summed E-state index contributed by atoms with van der Waals surface area (Å²) in [6.07, 6.45) is 2.01. The van der Waals surface area contributed by atoms with Gasteiger partial charge in [-0.2, -0.15) is 4.99 Å². The van der Waals surface area contributed by atoms with E-state index in [1.165, 1.54) is 18.3 Å². The molecule has 0 aliphatic rings. The van der Waals surface area contributed by atoms with Crippen LogP contribution in [-0.2, 0) is 16.1 Å².